The fourth-order valence-corrected chi connectivity index (χ4v) is 6.92. The fourth-order valence-electron chi connectivity index (χ4n) is 2.74. The Morgan fingerprint density at radius 1 is 0.565 bits per heavy atom. The molecule has 0 amide bonds. The maximum Gasteiger partial charge on any atom is 0.121 e. The molecule has 2 aromatic carbocycles. The molecule has 122 valence electrons. The van der Waals surface area contributed by atoms with Gasteiger partial charge in [0.15, 0.2) is 0 Å². The third-order valence-electron chi connectivity index (χ3n) is 4.18. The van der Waals surface area contributed by atoms with Crippen LogP contribution in [0.4, 0.5) is 0 Å². The van der Waals surface area contributed by atoms with Crippen LogP contribution in [0.25, 0.3) is 0 Å². The highest BCUT2D eigenvalue weighted by molar-refractivity contribution is 6.89. The van der Waals surface area contributed by atoms with E-state index in [0.29, 0.717) is 0 Å². The summed E-state index contributed by atoms with van der Waals surface area (Å²) in [7, 11) is -1.74. The van der Waals surface area contributed by atoms with E-state index in [1.807, 2.05) is 0 Å². The minimum absolute atomic E-state index is 0.765. The normalized spacial score (nSPS) is 12.5. The zero-order valence-corrected chi connectivity index (χ0v) is 19.0. The molecule has 0 aliphatic rings. The van der Waals surface area contributed by atoms with Crippen molar-refractivity contribution in [3.05, 3.63) is 47.5 Å². The highest BCUT2D eigenvalue weighted by Crippen LogP contribution is 2.05. The molecule has 2 rings (SSSR count). The van der Waals surface area contributed by atoms with E-state index < -0.39 is 16.1 Å². The molecule has 23 heavy (non-hydrogen) atoms. The first-order valence-electron chi connectivity index (χ1n) is 8.46. The van der Waals surface area contributed by atoms with Crippen LogP contribution in [0.2, 0.25) is 39.3 Å². The van der Waals surface area contributed by atoms with Crippen molar-refractivity contribution in [2.75, 3.05) is 0 Å². The van der Waals surface area contributed by atoms with E-state index in [1.165, 1.54) is 21.5 Å². The van der Waals surface area contributed by atoms with Crippen LogP contribution in [-0.2, 0) is 0 Å². The van der Waals surface area contributed by atoms with E-state index in [9.17, 15) is 0 Å². The SMILES string of the molecule is Cc1cc([Si]c2cc(C)cc([Si](C)(C)C)c2)cc([Si](C)(C)C)c1. The van der Waals surface area contributed by atoms with Crippen LogP contribution in [0.15, 0.2) is 36.4 Å². The number of benzene rings is 2. The monoisotopic (exact) mass is 354 g/mol. The summed E-state index contributed by atoms with van der Waals surface area (Å²) in [5.41, 5.74) is 2.82. The van der Waals surface area contributed by atoms with Crippen molar-refractivity contribution in [2.45, 2.75) is 53.1 Å². The molecule has 0 atom stereocenters. The predicted molar refractivity (Wildman–Crippen MR) is 113 cm³/mol. The van der Waals surface area contributed by atoms with Gasteiger partial charge in [-0.3, -0.25) is 0 Å². The van der Waals surface area contributed by atoms with Gasteiger partial charge < -0.3 is 0 Å². The highest BCUT2D eigenvalue weighted by Gasteiger charge is 2.19. The van der Waals surface area contributed by atoms with Crippen LogP contribution in [0, 0.1) is 13.8 Å². The van der Waals surface area contributed by atoms with E-state index in [1.54, 1.807) is 10.4 Å². The minimum Gasteiger partial charge on any atom is -0.0656 e. The van der Waals surface area contributed by atoms with Gasteiger partial charge in [0.25, 0.3) is 0 Å². The molecule has 3 heteroatoms. The molecule has 0 aliphatic heterocycles. The third-order valence-corrected chi connectivity index (χ3v) is 9.37. The summed E-state index contributed by atoms with van der Waals surface area (Å²) in [4.78, 5) is 0. The van der Waals surface area contributed by atoms with Crippen molar-refractivity contribution >= 4 is 46.4 Å². The molecular formula is C20H30Si3. The Labute approximate surface area is 147 Å². The molecule has 2 radical (unpaired) electrons. The van der Waals surface area contributed by atoms with Crippen molar-refractivity contribution in [1.29, 1.82) is 0 Å². The molecule has 2 aromatic rings. The second-order valence-corrected chi connectivity index (χ2v) is 20.4. The zero-order chi connectivity index (χ0) is 17.4. The Bertz CT molecular complexity index is 642. The van der Waals surface area contributed by atoms with E-state index in [2.05, 4.69) is 89.5 Å². The van der Waals surface area contributed by atoms with Crippen molar-refractivity contribution in [1.82, 2.24) is 0 Å². The predicted octanol–water partition coefficient (Wildman–Crippen LogP) is 3.05. The van der Waals surface area contributed by atoms with Gasteiger partial charge in [0.1, 0.15) is 9.52 Å². The second kappa shape index (κ2) is 6.54. The molecule has 0 fully saturated rings. The molecule has 0 spiro atoms. The summed E-state index contributed by atoms with van der Waals surface area (Å²) >= 11 is 0. The molecule has 0 N–H and O–H groups in total. The molecule has 0 saturated heterocycles. The maximum absolute atomic E-state index is 2.47. The van der Waals surface area contributed by atoms with Crippen molar-refractivity contribution in [3.63, 3.8) is 0 Å². The number of aryl methyl sites for hydroxylation is 2. The van der Waals surface area contributed by atoms with Crippen LogP contribution in [0.3, 0.4) is 0 Å². The second-order valence-electron chi connectivity index (χ2n) is 8.80. The topological polar surface area (TPSA) is 0 Å². The van der Waals surface area contributed by atoms with Crippen molar-refractivity contribution < 1.29 is 0 Å². The number of hydrogen-bond donors (Lipinski definition) is 0. The lowest BCUT2D eigenvalue weighted by Crippen LogP contribution is -2.43. The largest absolute Gasteiger partial charge is 0.121 e. The fraction of sp³-hybridized carbons (Fsp3) is 0.400. The summed E-state index contributed by atoms with van der Waals surface area (Å²) in [6, 6.07) is 14.5. The summed E-state index contributed by atoms with van der Waals surface area (Å²) < 4.78 is 0. The molecule has 0 heterocycles. The molecule has 0 unspecified atom stereocenters. The summed E-state index contributed by atoms with van der Waals surface area (Å²) in [6.45, 7) is 19.1. The van der Waals surface area contributed by atoms with E-state index >= 15 is 0 Å². The molecule has 0 nitrogen and oxygen atoms in total. The standard InChI is InChI=1S/C20H30Si3/c1-15-9-17(13-19(11-15)22(3,4)5)21-18-10-16(2)12-20(14-18)23(6,7)8/h9-14H,1-8H3. The van der Waals surface area contributed by atoms with E-state index in [0.717, 1.165) is 9.52 Å². The van der Waals surface area contributed by atoms with Gasteiger partial charge in [-0.25, -0.2) is 0 Å². The average molecular weight is 355 g/mol. The molecule has 0 bridgehead atoms. The lowest BCUT2D eigenvalue weighted by molar-refractivity contribution is 1.49. The Morgan fingerprint density at radius 2 is 0.913 bits per heavy atom. The Balaban J connectivity index is 2.40. The van der Waals surface area contributed by atoms with Crippen LogP contribution < -0.4 is 20.7 Å². The summed E-state index contributed by atoms with van der Waals surface area (Å²) in [5.74, 6) is 0. The third kappa shape index (κ3) is 5.03. The van der Waals surface area contributed by atoms with Gasteiger partial charge in [-0.1, -0.05) is 108 Å². The summed E-state index contributed by atoms with van der Waals surface area (Å²) in [6.07, 6.45) is 0. The Kier molecular flexibility index (Phi) is 5.24. The quantitative estimate of drug-likeness (QED) is 0.740. The smallest absolute Gasteiger partial charge is 0.0656 e. The maximum atomic E-state index is 2.47. The zero-order valence-electron chi connectivity index (χ0n) is 16.0. The Morgan fingerprint density at radius 3 is 1.22 bits per heavy atom. The lowest BCUT2D eigenvalue weighted by atomic mass is 10.2. The van der Waals surface area contributed by atoms with Gasteiger partial charge in [0.2, 0.25) is 0 Å². The van der Waals surface area contributed by atoms with Crippen LogP contribution in [0.5, 0.6) is 0 Å². The average Bonchev–Trinajstić information content (AvgIpc) is 2.35. The van der Waals surface area contributed by atoms with Gasteiger partial charge in [0.05, 0.1) is 16.1 Å². The van der Waals surface area contributed by atoms with Gasteiger partial charge in [-0.15, -0.1) is 0 Å². The van der Waals surface area contributed by atoms with Gasteiger partial charge in [-0.05, 0) is 13.8 Å². The van der Waals surface area contributed by atoms with Gasteiger partial charge in [-0.2, -0.15) is 0 Å². The van der Waals surface area contributed by atoms with Crippen LogP contribution in [0.1, 0.15) is 11.1 Å². The Hall–Kier alpha value is -0.909. The summed E-state index contributed by atoms with van der Waals surface area (Å²) in [5, 5.41) is 6.15. The molecule has 0 aromatic heterocycles. The first-order valence-corrected chi connectivity index (χ1v) is 16.5. The van der Waals surface area contributed by atoms with Crippen molar-refractivity contribution in [2.24, 2.45) is 0 Å². The van der Waals surface area contributed by atoms with Gasteiger partial charge in [0, 0.05) is 0 Å². The van der Waals surface area contributed by atoms with E-state index in [-0.39, 0.29) is 0 Å². The first kappa shape index (κ1) is 18.4. The molecule has 0 aliphatic carbocycles. The first-order chi connectivity index (χ1) is 10.4. The highest BCUT2D eigenvalue weighted by atomic mass is 28.3. The van der Waals surface area contributed by atoms with Crippen LogP contribution >= 0.6 is 0 Å². The molecular weight excluding hydrogens is 324 g/mol. The number of rotatable bonds is 4. The van der Waals surface area contributed by atoms with Crippen molar-refractivity contribution in [3.8, 4) is 0 Å². The number of hydrogen-bond acceptors (Lipinski definition) is 0. The lowest BCUT2D eigenvalue weighted by Gasteiger charge is -2.20. The molecule has 0 saturated carbocycles. The van der Waals surface area contributed by atoms with E-state index in [4.69, 9.17) is 0 Å². The van der Waals surface area contributed by atoms with Crippen LogP contribution in [-0.4, -0.2) is 25.7 Å². The minimum atomic E-state index is -1.25. The van der Waals surface area contributed by atoms with Gasteiger partial charge >= 0.3 is 0 Å².